The van der Waals surface area contributed by atoms with Crippen LogP contribution < -0.4 is 5.43 Å². The summed E-state index contributed by atoms with van der Waals surface area (Å²) in [7, 11) is 0. The number of nitrogens with zero attached hydrogens (tertiary/aromatic N) is 2. The van der Waals surface area contributed by atoms with E-state index in [0.717, 1.165) is 22.0 Å². The fourth-order valence-electron chi connectivity index (χ4n) is 2.31. The van der Waals surface area contributed by atoms with Gasteiger partial charge in [-0.1, -0.05) is 53.4 Å². The smallest absolute Gasteiger partial charge is 0.266 e. The first kappa shape index (κ1) is 16.2. The molecule has 1 N–H and O–H groups in total. The Labute approximate surface area is 156 Å². The Kier molecular flexibility index (Phi) is 4.24. The van der Waals surface area contributed by atoms with E-state index in [2.05, 4.69) is 10.4 Å². The summed E-state index contributed by atoms with van der Waals surface area (Å²) in [5.74, 6) is -0.704. The summed E-state index contributed by atoms with van der Waals surface area (Å²) >= 11 is 7.83. The monoisotopic (exact) mass is 387 g/mol. The highest BCUT2D eigenvalue weighted by molar-refractivity contribution is 8.26. The van der Waals surface area contributed by atoms with Crippen molar-refractivity contribution in [2.24, 2.45) is 0 Å². The zero-order valence-electron chi connectivity index (χ0n) is 12.6. The number of carbonyl (C=O) groups is 1. The van der Waals surface area contributed by atoms with Crippen molar-refractivity contribution in [3.05, 3.63) is 64.8 Å². The second-order valence-electron chi connectivity index (χ2n) is 5.14. The molecule has 0 spiro atoms. The molecule has 0 aliphatic carbocycles. The van der Waals surface area contributed by atoms with Gasteiger partial charge in [-0.05, 0) is 36.5 Å². The number of hydrogen-bond donors (Lipinski definition) is 1. The van der Waals surface area contributed by atoms with Gasteiger partial charge in [0.2, 0.25) is 5.13 Å². The Hall–Kier alpha value is -2.29. The molecular formula is C17H10FN3OS3. The number of fused-ring (bicyclic) bond motifs is 1. The zero-order valence-corrected chi connectivity index (χ0v) is 15.1. The van der Waals surface area contributed by atoms with E-state index in [4.69, 9.17) is 12.2 Å². The van der Waals surface area contributed by atoms with E-state index in [1.54, 1.807) is 18.2 Å². The molecule has 2 aromatic carbocycles. The predicted octanol–water partition coefficient (Wildman–Crippen LogP) is 4.66. The lowest BCUT2D eigenvalue weighted by Crippen LogP contribution is -2.33. The number of hydrazine groups is 1. The third-order valence-corrected chi connectivity index (χ3v) is 5.73. The predicted molar refractivity (Wildman–Crippen MR) is 105 cm³/mol. The number of thiocarbonyl (C=S) groups is 1. The summed E-state index contributed by atoms with van der Waals surface area (Å²) in [5, 5.41) is 1.84. The number of amides is 1. The zero-order chi connectivity index (χ0) is 17.4. The van der Waals surface area contributed by atoms with E-state index >= 15 is 0 Å². The number of rotatable bonds is 3. The van der Waals surface area contributed by atoms with Crippen molar-refractivity contribution >= 4 is 67.0 Å². The quantitative estimate of drug-likeness (QED) is 0.523. The van der Waals surface area contributed by atoms with Crippen LogP contribution in [-0.2, 0) is 4.79 Å². The van der Waals surface area contributed by atoms with Crippen LogP contribution >= 0.6 is 35.3 Å². The van der Waals surface area contributed by atoms with E-state index < -0.39 is 0 Å². The van der Waals surface area contributed by atoms with Crippen LogP contribution in [0.1, 0.15) is 5.56 Å². The lowest BCUT2D eigenvalue weighted by molar-refractivity contribution is -0.121. The third kappa shape index (κ3) is 3.15. The van der Waals surface area contributed by atoms with Gasteiger partial charge >= 0.3 is 0 Å². The molecule has 0 bridgehead atoms. The Morgan fingerprint density at radius 2 is 1.92 bits per heavy atom. The molecule has 4 rings (SSSR count). The highest BCUT2D eigenvalue weighted by Gasteiger charge is 2.33. The molecule has 0 unspecified atom stereocenters. The molecule has 1 saturated heterocycles. The highest BCUT2D eigenvalue weighted by atomic mass is 32.2. The van der Waals surface area contributed by atoms with E-state index in [1.807, 2.05) is 24.3 Å². The molecule has 1 aliphatic heterocycles. The maximum Gasteiger partial charge on any atom is 0.285 e. The van der Waals surface area contributed by atoms with Gasteiger partial charge in [0, 0.05) is 5.56 Å². The van der Waals surface area contributed by atoms with Crippen molar-refractivity contribution in [3.63, 3.8) is 0 Å². The van der Waals surface area contributed by atoms with Crippen LogP contribution in [0.25, 0.3) is 16.3 Å². The van der Waals surface area contributed by atoms with Crippen molar-refractivity contribution in [1.29, 1.82) is 0 Å². The van der Waals surface area contributed by atoms with Crippen LogP contribution in [0.2, 0.25) is 0 Å². The SMILES string of the molecule is O=C1/C(=C/c2ccccc2F)SC(=S)N1Nc1nc2ccccc2s1. The van der Waals surface area contributed by atoms with E-state index in [1.165, 1.54) is 28.5 Å². The van der Waals surface area contributed by atoms with Gasteiger partial charge in [-0.25, -0.2) is 9.37 Å². The molecule has 1 aromatic heterocycles. The van der Waals surface area contributed by atoms with Crippen LogP contribution in [0, 0.1) is 5.82 Å². The molecule has 2 heterocycles. The first-order valence-electron chi connectivity index (χ1n) is 7.26. The minimum absolute atomic E-state index is 0.322. The summed E-state index contributed by atoms with van der Waals surface area (Å²) in [6, 6.07) is 14.0. The number of thioether (sulfide) groups is 1. The van der Waals surface area contributed by atoms with Crippen LogP contribution in [0.5, 0.6) is 0 Å². The number of hydrogen-bond acceptors (Lipinski definition) is 6. The first-order chi connectivity index (χ1) is 12.1. The summed E-state index contributed by atoms with van der Waals surface area (Å²) in [5.41, 5.74) is 4.15. The molecule has 0 saturated carbocycles. The topological polar surface area (TPSA) is 45.2 Å². The molecule has 1 fully saturated rings. The van der Waals surface area contributed by atoms with Gasteiger partial charge in [0.25, 0.3) is 5.91 Å². The largest absolute Gasteiger partial charge is 0.285 e. The second-order valence-corrected chi connectivity index (χ2v) is 7.84. The van der Waals surface area contributed by atoms with Gasteiger partial charge in [0.15, 0.2) is 4.32 Å². The number of aromatic nitrogens is 1. The van der Waals surface area contributed by atoms with Crippen LogP contribution in [-0.4, -0.2) is 20.2 Å². The van der Waals surface area contributed by atoms with Crippen LogP contribution in [0.15, 0.2) is 53.4 Å². The average Bonchev–Trinajstić information content (AvgIpc) is 3.13. The number of thiazole rings is 1. The van der Waals surface area contributed by atoms with Crippen molar-refractivity contribution < 1.29 is 9.18 Å². The normalized spacial score (nSPS) is 16.2. The van der Waals surface area contributed by atoms with Gasteiger partial charge in [-0.15, -0.1) is 0 Å². The summed E-state index contributed by atoms with van der Waals surface area (Å²) in [6.45, 7) is 0. The minimum atomic E-state index is -0.382. The lowest BCUT2D eigenvalue weighted by Gasteiger charge is -2.14. The van der Waals surface area contributed by atoms with Crippen LogP contribution in [0.4, 0.5) is 9.52 Å². The Morgan fingerprint density at radius 3 is 2.72 bits per heavy atom. The first-order valence-corrected chi connectivity index (χ1v) is 9.31. The standard InChI is InChI=1S/C17H10FN3OS3/c18-11-6-2-1-5-10(11)9-14-15(22)21(17(23)25-14)20-16-19-12-7-3-4-8-13(12)24-16/h1-9H,(H,19,20)/b14-9-. The third-order valence-electron chi connectivity index (χ3n) is 3.49. The van der Waals surface area contributed by atoms with Crippen molar-refractivity contribution in [3.8, 4) is 0 Å². The van der Waals surface area contributed by atoms with Crippen molar-refractivity contribution in [2.45, 2.75) is 0 Å². The molecule has 1 aliphatic rings. The number of nitrogens with one attached hydrogen (secondary N) is 1. The van der Waals surface area contributed by atoms with Gasteiger partial charge < -0.3 is 0 Å². The van der Waals surface area contributed by atoms with Gasteiger partial charge in [-0.3, -0.25) is 10.2 Å². The number of benzene rings is 2. The van der Waals surface area contributed by atoms with Gasteiger partial charge in [0.05, 0.1) is 15.1 Å². The summed E-state index contributed by atoms with van der Waals surface area (Å²) in [4.78, 5) is 17.4. The highest BCUT2D eigenvalue weighted by Crippen LogP contribution is 2.34. The van der Waals surface area contributed by atoms with Crippen LogP contribution in [0.3, 0.4) is 0 Å². The molecule has 4 nitrogen and oxygen atoms in total. The van der Waals surface area contributed by atoms with Gasteiger partial charge in [0.1, 0.15) is 5.82 Å². The lowest BCUT2D eigenvalue weighted by atomic mass is 10.2. The van der Waals surface area contributed by atoms with E-state index in [9.17, 15) is 9.18 Å². The molecule has 3 aromatic rings. The summed E-state index contributed by atoms with van der Waals surface area (Å²) < 4.78 is 15.2. The Bertz CT molecular complexity index is 998. The fourth-order valence-corrected chi connectivity index (χ4v) is 4.34. The number of anilines is 1. The van der Waals surface area contributed by atoms with E-state index in [-0.39, 0.29) is 11.7 Å². The number of carbonyl (C=O) groups excluding carboxylic acids is 1. The number of halogens is 1. The second kappa shape index (κ2) is 6.55. The molecule has 124 valence electrons. The molecule has 25 heavy (non-hydrogen) atoms. The molecule has 0 radical (unpaired) electrons. The molecule has 1 amide bonds. The fraction of sp³-hybridized carbons (Fsp3) is 0. The maximum atomic E-state index is 13.8. The summed E-state index contributed by atoms with van der Waals surface area (Å²) in [6.07, 6.45) is 1.51. The van der Waals surface area contributed by atoms with E-state index in [0.29, 0.717) is 19.9 Å². The average molecular weight is 387 g/mol. The van der Waals surface area contributed by atoms with Crippen molar-refractivity contribution in [1.82, 2.24) is 9.99 Å². The Morgan fingerprint density at radius 1 is 1.16 bits per heavy atom. The minimum Gasteiger partial charge on any atom is -0.266 e. The molecular weight excluding hydrogens is 377 g/mol. The maximum absolute atomic E-state index is 13.8. The Balaban J connectivity index is 1.60. The molecule has 0 atom stereocenters. The molecule has 8 heteroatoms. The van der Waals surface area contributed by atoms with Crippen molar-refractivity contribution in [2.75, 3.05) is 5.43 Å². The number of para-hydroxylation sites is 1. The van der Waals surface area contributed by atoms with Gasteiger partial charge in [-0.2, -0.15) is 5.01 Å².